The highest BCUT2D eigenvalue weighted by Gasteiger charge is 2.24. The second-order valence-electron chi connectivity index (χ2n) is 5.53. The van der Waals surface area contributed by atoms with Crippen molar-refractivity contribution in [2.45, 2.75) is 46.2 Å². The van der Waals surface area contributed by atoms with E-state index in [1.54, 1.807) is 11.8 Å². The summed E-state index contributed by atoms with van der Waals surface area (Å²) in [5.41, 5.74) is 0. The maximum Gasteiger partial charge on any atom is 0.409 e. The Morgan fingerprint density at radius 2 is 2.12 bits per heavy atom. The monoisotopic (exact) mass is 466 g/mol. The van der Waals surface area contributed by atoms with E-state index in [0.29, 0.717) is 38.0 Å². The van der Waals surface area contributed by atoms with Crippen LogP contribution >= 0.6 is 24.0 Å². The van der Waals surface area contributed by atoms with Gasteiger partial charge in [0, 0.05) is 32.6 Å². The van der Waals surface area contributed by atoms with Gasteiger partial charge in [0.1, 0.15) is 6.54 Å². The molecule has 1 saturated heterocycles. The second kappa shape index (κ2) is 11.1. The van der Waals surface area contributed by atoms with E-state index in [4.69, 9.17) is 9.26 Å². The summed E-state index contributed by atoms with van der Waals surface area (Å²) >= 11 is 0. The van der Waals surface area contributed by atoms with Gasteiger partial charge in [-0.15, -0.1) is 24.0 Å². The third-order valence-electron chi connectivity index (χ3n) is 3.65. The van der Waals surface area contributed by atoms with E-state index in [2.05, 4.69) is 25.8 Å². The van der Waals surface area contributed by atoms with Gasteiger partial charge in [-0.25, -0.2) is 9.79 Å². The number of guanidine groups is 1. The molecule has 10 heteroatoms. The molecule has 0 bridgehead atoms. The maximum atomic E-state index is 11.7. The van der Waals surface area contributed by atoms with Crippen LogP contribution in [0, 0.1) is 6.92 Å². The number of nitrogens with one attached hydrogen (secondary N) is 2. The quantitative estimate of drug-likeness (QED) is 0.387. The first-order valence-corrected chi connectivity index (χ1v) is 8.38. The first-order chi connectivity index (χ1) is 11.6. The van der Waals surface area contributed by atoms with Crippen LogP contribution in [0.1, 0.15) is 38.4 Å². The Bertz CT molecular complexity index is 557. The summed E-state index contributed by atoms with van der Waals surface area (Å²) < 4.78 is 9.97. The molecule has 9 nitrogen and oxygen atoms in total. The van der Waals surface area contributed by atoms with Gasteiger partial charge in [-0.2, -0.15) is 4.98 Å². The van der Waals surface area contributed by atoms with Crippen molar-refractivity contribution in [1.82, 2.24) is 25.7 Å². The Balaban J connectivity index is 0.00000312. The zero-order valence-corrected chi connectivity index (χ0v) is 17.3. The molecule has 2 heterocycles. The Kier molecular flexibility index (Phi) is 9.53. The number of ether oxygens (including phenoxy) is 1. The molecule has 0 saturated carbocycles. The Hall–Kier alpha value is -1.59. The fourth-order valence-corrected chi connectivity index (χ4v) is 2.49. The molecule has 1 aliphatic heterocycles. The van der Waals surface area contributed by atoms with E-state index in [1.165, 1.54) is 0 Å². The zero-order valence-electron chi connectivity index (χ0n) is 14.9. The molecule has 0 radical (unpaired) electrons. The average Bonchev–Trinajstić information content (AvgIpc) is 2.99. The van der Waals surface area contributed by atoms with E-state index in [1.807, 2.05) is 13.8 Å². The van der Waals surface area contributed by atoms with Gasteiger partial charge in [0.05, 0.1) is 6.61 Å². The average molecular weight is 466 g/mol. The summed E-state index contributed by atoms with van der Waals surface area (Å²) in [4.78, 5) is 22.1. The van der Waals surface area contributed by atoms with Crippen molar-refractivity contribution in [3.05, 3.63) is 11.7 Å². The van der Waals surface area contributed by atoms with Crippen molar-refractivity contribution >= 4 is 36.0 Å². The molecule has 2 N–H and O–H groups in total. The molecule has 1 aromatic rings. The molecule has 0 atom stereocenters. The number of aryl methyl sites for hydroxylation is 1. The molecule has 2 rings (SSSR count). The van der Waals surface area contributed by atoms with Crippen LogP contribution in [0.15, 0.2) is 9.52 Å². The highest BCUT2D eigenvalue weighted by Crippen LogP contribution is 2.11. The summed E-state index contributed by atoms with van der Waals surface area (Å²) in [5, 5.41) is 10.4. The van der Waals surface area contributed by atoms with Gasteiger partial charge in [0.15, 0.2) is 11.8 Å². The van der Waals surface area contributed by atoms with Gasteiger partial charge in [-0.1, -0.05) is 5.16 Å². The number of aliphatic imine (C=N–C) groups is 1. The number of carbonyl (C=O) groups excluding carboxylic acids is 1. The van der Waals surface area contributed by atoms with Gasteiger partial charge in [0.25, 0.3) is 0 Å². The predicted octanol–water partition coefficient (Wildman–Crippen LogP) is 1.67. The van der Waals surface area contributed by atoms with Crippen LogP contribution in [0.2, 0.25) is 0 Å². The lowest BCUT2D eigenvalue weighted by Crippen LogP contribution is -2.49. The van der Waals surface area contributed by atoms with Crippen LogP contribution < -0.4 is 10.6 Å². The van der Waals surface area contributed by atoms with Crippen LogP contribution in [0.4, 0.5) is 4.79 Å². The second-order valence-corrected chi connectivity index (χ2v) is 5.53. The molecule has 1 fully saturated rings. The van der Waals surface area contributed by atoms with Crippen molar-refractivity contribution in [3.8, 4) is 0 Å². The van der Waals surface area contributed by atoms with Gasteiger partial charge in [0.2, 0.25) is 5.89 Å². The van der Waals surface area contributed by atoms with Gasteiger partial charge in [-0.3, -0.25) is 0 Å². The fourth-order valence-electron chi connectivity index (χ4n) is 2.49. The number of halogens is 1. The van der Waals surface area contributed by atoms with Crippen LogP contribution in [0.5, 0.6) is 0 Å². The minimum atomic E-state index is -0.232. The molecule has 25 heavy (non-hydrogen) atoms. The number of rotatable bonds is 5. The number of hydrogen-bond donors (Lipinski definition) is 2. The first kappa shape index (κ1) is 21.5. The molecule has 1 aromatic heterocycles. The fraction of sp³-hybridized carbons (Fsp3) is 0.733. The number of amides is 1. The first-order valence-electron chi connectivity index (χ1n) is 8.38. The lowest BCUT2D eigenvalue weighted by molar-refractivity contribution is 0.0963. The molecule has 1 aliphatic rings. The van der Waals surface area contributed by atoms with E-state index in [-0.39, 0.29) is 36.1 Å². The van der Waals surface area contributed by atoms with Crippen molar-refractivity contribution in [2.75, 3.05) is 26.2 Å². The Morgan fingerprint density at radius 1 is 1.40 bits per heavy atom. The third-order valence-corrected chi connectivity index (χ3v) is 3.65. The summed E-state index contributed by atoms with van der Waals surface area (Å²) in [6, 6.07) is 0.264. The van der Waals surface area contributed by atoms with Gasteiger partial charge < -0.3 is 24.8 Å². The lowest BCUT2D eigenvalue weighted by Gasteiger charge is -2.32. The lowest BCUT2D eigenvalue weighted by atomic mass is 10.1. The molecular weight excluding hydrogens is 439 g/mol. The Morgan fingerprint density at radius 3 is 2.68 bits per heavy atom. The van der Waals surface area contributed by atoms with Gasteiger partial charge >= 0.3 is 6.09 Å². The summed E-state index contributed by atoms with van der Waals surface area (Å²) in [7, 11) is 0. The molecule has 0 aliphatic carbocycles. The van der Waals surface area contributed by atoms with Crippen LogP contribution in [-0.2, 0) is 11.3 Å². The number of piperidine rings is 1. The number of carbonyl (C=O) groups is 1. The summed E-state index contributed by atoms with van der Waals surface area (Å²) in [5.74, 6) is 1.81. The minimum Gasteiger partial charge on any atom is -0.450 e. The van der Waals surface area contributed by atoms with Crippen molar-refractivity contribution in [3.63, 3.8) is 0 Å². The van der Waals surface area contributed by atoms with Crippen molar-refractivity contribution in [2.24, 2.45) is 4.99 Å². The van der Waals surface area contributed by atoms with Crippen molar-refractivity contribution in [1.29, 1.82) is 0 Å². The van der Waals surface area contributed by atoms with E-state index in [0.717, 1.165) is 25.3 Å². The number of likely N-dealkylation sites (tertiary alicyclic amines) is 1. The van der Waals surface area contributed by atoms with E-state index in [9.17, 15) is 4.79 Å². The predicted molar refractivity (Wildman–Crippen MR) is 104 cm³/mol. The van der Waals surface area contributed by atoms with Crippen LogP contribution in [0.3, 0.4) is 0 Å². The van der Waals surface area contributed by atoms with E-state index < -0.39 is 0 Å². The molecule has 1 amide bonds. The minimum absolute atomic E-state index is 0. The SMILES string of the molecule is CCNC(=NCc1noc(C)n1)NC1CCN(C(=O)OCC)CC1.I. The van der Waals surface area contributed by atoms with Crippen molar-refractivity contribution < 1.29 is 14.1 Å². The topological polar surface area (TPSA) is 105 Å². The highest BCUT2D eigenvalue weighted by molar-refractivity contribution is 14.0. The number of nitrogens with zero attached hydrogens (tertiary/aromatic N) is 4. The molecule has 0 aromatic carbocycles. The number of hydrogen-bond acceptors (Lipinski definition) is 6. The highest BCUT2D eigenvalue weighted by atomic mass is 127. The molecule has 0 spiro atoms. The summed E-state index contributed by atoms with van der Waals surface area (Å²) in [6.07, 6.45) is 1.47. The van der Waals surface area contributed by atoms with Gasteiger partial charge in [-0.05, 0) is 26.7 Å². The standard InChI is InChI=1S/C15H26N6O3.HI/c1-4-16-14(17-10-13-18-11(3)24-20-13)19-12-6-8-21(9-7-12)15(22)23-5-2;/h12H,4-10H2,1-3H3,(H2,16,17,19);1H. The largest absolute Gasteiger partial charge is 0.450 e. The zero-order chi connectivity index (χ0) is 17.4. The van der Waals surface area contributed by atoms with Crippen LogP contribution in [-0.4, -0.2) is 59.4 Å². The van der Waals surface area contributed by atoms with Crippen LogP contribution in [0.25, 0.3) is 0 Å². The maximum absolute atomic E-state index is 11.7. The van der Waals surface area contributed by atoms with E-state index >= 15 is 0 Å². The third kappa shape index (κ3) is 7.04. The molecular formula is C15H27IN6O3. The Labute approximate surface area is 165 Å². The smallest absolute Gasteiger partial charge is 0.409 e. The summed E-state index contributed by atoms with van der Waals surface area (Å²) in [6.45, 7) is 8.47. The molecule has 142 valence electrons. The number of aromatic nitrogens is 2. The normalized spacial score (nSPS) is 15.5. The molecule has 0 unspecified atom stereocenters.